The van der Waals surface area contributed by atoms with Crippen LogP contribution in [0.15, 0.2) is 48.5 Å². The fourth-order valence-electron chi connectivity index (χ4n) is 2.35. The molecule has 6 heteroatoms. The largest absolute Gasteiger partial charge is 0.352 e. The summed E-state index contributed by atoms with van der Waals surface area (Å²) in [6, 6.07) is 15.6. The van der Waals surface area contributed by atoms with E-state index in [9.17, 15) is 9.59 Å². The first kappa shape index (κ1) is 18.5. The van der Waals surface area contributed by atoms with Crippen LogP contribution in [0.2, 0.25) is 5.02 Å². The lowest BCUT2D eigenvalue weighted by molar-refractivity contribution is -0.122. The number of benzene rings is 2. The average Bonchev–Trinajstić information content (AvgIpc) is 2.60. The molecular formula is C19H18ClN3O2. The van der Waals surface area contributed by atoms with Crippen LogP contribution in [0.1, 0.15) is 36.1 Å². The number of amides is 2. The lowest BCUT2D eigenvalue weighted by Crippen LogP contribution is -2.32. The van der Waals surface area contributed by atoms with Gasteiger partial charge in [-0.05, 0) is 35.4 Å². The molecule has 25 heavy (non-hydrogen) atoms. The van der Waals surface area contributed by atoms with Crippen LogP contribution in [-0.4, -0.2) is 11.8 Å². The summed E-state index contributed by atoms with van der Waals surface area (Å²) in [7, 11) is 0. The minimum absolute atomic E-state index is 0.123. The van der Waals surface area contributed by atoms with Gasteiger partial charge in [0.15, 0.2) is 0 Å². The van der Waals surface area contributed by atoms with Crippen molar-refractivity contribution in [2.24, 2.45) is 0 Å². The molecule has 0 saturated carbocycles. The van der Waals surface area contributed by atoms with E-state index in [1.165, 1.54) is 6.92 Å². The number of nitrogens with one attached hydrogen (secondary N) is 2. The second-order valence-corrected chi connectivity index (χ2v) is 6.03. The monoisotopic (exact) mass is 355 g/mol. The Bertz CT molecular complexity index is 780. The third-order valence-corrected chi connectivity index (χ3v) is 3.86. The Hall–Kier alpha value is -2.84. The van der Waals surface area contributed by atoms with Gasteiger partial charge in [0.2, 0.25) is 11.8 Å². The van der Waals surface area contributed by atoms with Crippen LogP contribution in [-0.2, 0) is 16.1 Å². The van der Waals surface area contributed by atoms with Gasteiger partial charge < -0.3 is 10.6 Å². The Morgan fingerprint density at radius 3 is 2.32 bits per heavy atom. The normalized spacial score (nSPS) is 11.2. The summed E-state index contributed by atoms with van der Waals surface area (Å²) in [6.07, 6.45) is 0.123. The Balaban J connectivity index is 1.97. The lowest BCUT2D eigenvalue weighted by atomic mass is 10.0. The molecule has 128 valence electrons. The van der Waals surface area contributed by atoms with E-state index in [1.807, 2.05) is 6.07 Å². The number of carbonyl (C=O) groups excluding carboxylic acids is 2. The van der Waals surface area contributed by atoms with Crippen LogP contribution >= 0.6 is 11.6 Å². The molecule has 1 atom stereocenters. The number of rotatable bonds is 6. The Labute approximate surface area is 151 Å². The number of carbonyl (C=O) groups is 2. The maximum Gasteiger partial charge on any atom is 0.222 e. The fourth-order valence-corrected chi connectivity index (χ4v) is 2.47. The molecule has 0 aliphatic heterocycles. The van der Waals surface area contributed by atoms with E-state index in [-0.39, 0.29) is 18.2 Å². The lowest BCUT2D eigenvalue weighted by Gasteiger charge is -2.18. The molecule has 5 nitrogen and oxygen atoms in total. The number of hydrogen-bond donors (Lipinski definition) is 2. The molecular weight excluding hydrogens is 338 g/mol. The van der Waals surface area contributed by atoms with Crippen LogP contribution in [0.3, 0.4) is 0 Å². The molecule has 2 aromatic carbocycles. The van der Waals surface area contributed by atoms with Crippen molar-refractivity contribution in [3.05, 3.63) is 70.2 Å². The molecule has 1 unspecified atom stereocenters. The van der Waals surface area contributed by atoms with Crippen LogP contribution < -0.4 is 10.6 Å². The van der Waals surface area contributed by atoms with Gasteiger partial charge in [-0.3, -0.25) is 9.59 Å². The molecule has 0 aliphatic carbocycles. The Morgan fingerprint density at radius 2 is 1.76 bits per heavy atom. The molecule has 0 fully saturated rings. The zero-order valence-corrected chi connectivity index (χ0v) is 14.5. The van der Waals surface area contributed by atoms with Crippen molar-refractivity contribution in [1.29, 1.82) is 5.26 Å². The first-order valence-corrected chi connectivity index (χ1v) is 8.14. The third-order valence-electron chi connectivity index (χ3n) is 3.61. The highest BCUT2D eigenvalue weighted by atomic mass is 35.5. The van der Waals surface area contributed by atoms with E-state index in [0.717, 1.165) is 11.1 Å². The topological polar surface area (TPSA) is 82.0 Å². The van der Waals surface area contributed by atoms with Crippen molar-refractivity contribution >= 4 is 23.4 Å². The molecule has 0 aliphatic rings. The van der Waals surface area contributed by atoms with Crippen molar-refractivity contribution in [2.75, 3.05) is 0 Å². The molecule has 0 heterocycles. The predicted octanol–water partition coefficient (Wildman–Crippen LogP) is 3.10. The van der Waals surface area contributed by atoms with Crippen molar-refractivity contribution in [3.8, 4) is 6.07 Å². The van der Waals surface area contributed by atoms with Crippen molar-refractivity contribution in [3.63, 3.8) is 0 Å². The van der Waals surface area contributed by atoms with Gasteiger partial charge in [-0.15, -0.1) is 0 Å². The molecule has 0 aromatic heterocycles. The molecule has 0 bridgehead atoms. The van der Waals surface area contributed by atoms with Gasteiger partial charge in [-0.25, -0.2) is 0 Å². The predicted molar refractivity (Wildman–Crippen MR) is 95.6 cm³/mol. The maximum absolute atomic E-state index is 12.2. The highest BCUT2D eigenvalue weighted by Gasteiger charge is 2.17. The summed E-state index contributed by atoms with van der Waals surface area (Å²) in [5.74, 6) is -0.391. The molecule has 0 radical (unpaired) electrons. The Kier molecular flexibility index (Phi) is 6.55. The first-order chi connectivity index (χ1) is 12.0. The van der Waals surface area contributed by atoms with E-state index >= 15 is 0 Å². The minimum atomic E-state index is -0.421. The van der Waals surface area contributed by atoms with Gasteiger partial charge in [0.1, 0.15) is 0 Å². The standard InChI is InChI=1S/C19H18ClN3O2/c1-13(24)23-18(16-6-8-17(20)9-7-16)10-19(25)22-12-15-4-2-14(11-21)3-5-15/h2-9,18H,10,12H2,1H3,(H,22,25)(H,23,24). The number of hydrogen-bond acceptors (Lipinski definition) is 3. The van der Waals surface area contributed by atoms with Gasteiger partial charge in [0.05, 0.1) is 24.1 Å². The van der Waals surface area contributed by atoms with E-state index in [1.54, 1.807) is 48.5 Å². The summed E-state index contributed by atoms with van der Waals surface area (Å²) in [6.45, 7) is 1.77. The van der Waals surface area contributed by atoms with Crippen molar-refractivity contribution in [2.45, 2.75) is 25.9 Å². The molecule has 2 N–H and O–H groups in total. The molecule has 0 spiro atoms. The molecule has 2 rings (SSSR count). The zero-order chi connectivity index (χ0) is 18.2. The number of halogens is 1. The van der Waals surface area contributed by atoms with Crippen LogP contribution in [0.4, 0.5) is 0 Å². The van der Waals surface area contributed by atoms with Crippen molar-refractivity contribution in [1.82, 2.24) is 10.6 Å². The van der Waals surface area contributed by atoms with Gasteiger partial charge in [-0.2, -0.15) is 5.26 Å². The summed E-state index contributed by atoms with van der Waals surface area (Å²) >= 11 is 5.88. The number of nitrogens with zero attached hydrogens (tertiary/aromatic N) is 1. The zero-order valence-electron chi connectivity index (χ0n) is 13.8. The van der Waals surface area contributed by atoms with E-state index in [2.05, 4.69) is 10.6 Å². The second kappa shape index (κ2) is 8.86. The SMILES string of the molecule is CC(=O)NC(CC(=O)NCc1ccc(C#N)cc1)c1ccc(Cl)cc1. The van der Waals surface area contributed by atoms with Gasteiger partial charge in [0, 0.05) is 18.5 Å². The number of nitriles is 1. The minimum Gasteiger partial charge on any atom is -0.352 e. The van der Waals surface area contributed by atoms with Gasteiger partial charge >= 0.3 is 0 Å². The van der Waals surface area contributed by atoms with E-state index < -0.39 is 6.04 Å². The van der Waals surface area contributed by atoms with Gasteiger partial charge in [-0.1, -0.05) is 35.9 Å². The third kappa shape index (κ3) is 5.94. The average molecular weight is 356 g/mol. The van der Waals surface area contributed by atoms with Crippen LogP contribution in [0.25, 0.3) is 0 Å². The van der Waals surface area contributed by atoms with Crippen LogP contribution in [0, 0.1) is 11.3 Å². The summed E-state index contributed by atoms with van der Waals surface area (Å²) < 4.78 is 0. The molecule has 2 aromatic rings. The van der Waals surface area contributed by atoms with Crippen molar-refractivity contribution < 1.29 is 9.59 Å². The fraction of sp³-hybridized carbons (Fsp3) is 0.211. The Morgan fingerprint density at radius 1 is 1.12 bits per heavy atom. The highest BCUT2D eigenvalue weighted by Crippen LogP contribution is 2.19. The summed E-state index contributed by atoms with van der Waals surface area (Å²) in [4.78, 5) is 23.7. The smallest absolute Gasteiger partial charge is 0.222 e. The summed E-state index contributed by atoms with van der Waals surface area (Å²) in [5.41, 5.74) is 2.28. The van der Waals surface area contributed by atoms with E-state index in [0.29, 0.717) is 17.1 Å². The molecule has 0 saturated heterocycles. The second-order valence-electron chi connectivity index (χ2n) is 5.59. The summed E-state index contributed by atoms with van der Waals surface area (Å²) in [5, 5.41) is 15.0. The van der Waals surface area contributed by atoms with Crippen LogP contribution in [0.5, 0.6) is 0 Å². The maximum atomic E-state index is 12.2. The van der Waals surface area contributed by atoms with Gasteiger partial charge in [0.25, 0.3) is 0 Å². The first-order valence-electron chi connectivity index (χ1n) is 7.76. The quantitative estimate of drug-likeness (QED) is 0.835. The highest BCUT2D eigenvalue weighted by molar-refractivity contribution is 6.30. The van der Waals surface area contributed by atoms with E-state index in [4.69, 9.17) is 16.9 Å². The molecule has 2 amide bonds.